The normalized spacial score (nSPS) is 17.9. The summed E-state index contributed by atoms with van der Waals surface area (Å²) in [5.74, 6) is 1.86. The first-order valence-electron chi connectivity index (χ1n) is 5.88. The van der Waals surface area contributed by atoms with E-state index in [1.807, 2.05) is 6.07 Å². The number of rotatable bonds is 3. The maximum absolute atomic E-state index is 5.72. The lowest BCUT2D eigenvalue weighted by Crippen LogP contribution is -2.08. The molecule has 2 N–H and O–H groups in total. The first-order chi connectivity index (χ1) is 7.78. The summed E-state index contributed by atoms with van der Waals surface area (Å²) in [7, 11) is 0. The van der Waals surface area contributed by atoms with Gasteiger partial charge in [0.15, 0.2) is 11.5 Å². The average Bonchev–Trinajstić information content (AvgIpc) is 3.07. The Kier molecular flexibility index (Phi) is 2.21. The topological polar surface area (TPSA) is 52.0 Å². The predicted molar refractivity (Wildman–Crippen MR) is 63.5 cm³/mol. The molecule has 1 aliphatic carbocycles. The second-order valence-electron chi connectivity index (χ2n) is 4.69. The molecule has 1 unspecified atom stereocenters. The van der Waals surface area contributed by atoms with Gasteiger partial charge in [0.25, 0.3) is 0 Å². The van der Waals surface area contributed by atoms with Crippen molar-refractivity contribution in [2.45, 2.75) is 31.6 Å². The van der Waals surface area contributed by atoms with Crippen molar-refractivity contribution in [3.05, 3.63) is 29.7 Å². The van der Waals surface area contributed by atoms with E-state index in [1.165, 1.54) is 18.4 Å². The highest BCUT2D eigenvalue weighted by Gasteiger charge is 2.28. The summed E-state index contributed by atoms with van der Waals surface area (Å²) in [4.78, 5) is 4.54. The first-order valence-corrected chi connectivity index (χ1v) is 5.88. The molecule has 0 bridgehead atoms. The van der Waals surface area contributed by atoms with Gasteiger partial charge in [0.2, 0.25) is 0 Å². The van der Waals surface area contributed by atoms with Crippen molar-refractivity contribution >= 4 is 11.1 Å². The van der Waals surface area contributed by atoms with E-state index in [1.54, 1.807) is 0 Å². The van der Waals surface area contributed by atoms with Gasteiger partial charge in [0, 0.05) is 5.92 Å². The molecule has 1 aliphatic rings. The lowest BCUT2D eigenvalue weighted by atomic mass is 10.0. The lowest BCUT2D eigenvalue weighted by molar-refractivity contribution is 0.533. The van der Waals surface area contributed by atoms with Gasteiger partial charge in [-0.1, -0.05) is 13.0 Å². The zero-order valence-electron chi connectivity index (χ0n) is 9.44. The van der Waals surface area contributed by atoms with Crippen LogP contribution in [-0.2, 0) is 0 Å². The van der Waals surface area contributed by atoms with Crippen LogP contribution in [0.5, 0.6) is 0 Å². The molecule has 1 fully saturated rings. The van der Waals surface area contributed by atoms with E-state index in [4.69, 9.17) is 10.2 Å². The molecule has 84 valence electrons. The number of oxazole rings is 1. The third kappa shape index (κ3) is 1.61. The van der Waals surface area contributed by atoms with Crippen molar-refractivity contribution in [3.63, 3.8) is 0 Å². The third-order valence-electron chi connectivity index (χ3n) is 3.28. The molecule has 16 heavy (non-hydrogen) atoms. The van der Waals surface area contributed by atoms with Crippen LogP contribution in [0.3, 0.4) is 0 Å². The zero-order chi connectivity index (χ0) is 11.1. The number of nitrogens with zero attached hydrogens (tertiary/aromatic N) is 1. The molecule has 0 radical (unpaired) electrons. The van der Waals surface area contributed by atoms with Gasteiger partial charge in [0.1, 0.15) is 5.52 Å². The maximum Gasteiger partial charge on any atom is 0.198 e. The Morgan fingerprint density at radius 3 is 3.00 bits per heavy atom. The summed E-state index contributed by atoms with van der Waals surface area (Å²) in [6, 6.07) is 6.19. The average molecular weight is 216 g/mol. The minimum absolute atomic E-state index is 0.380. The molecule has 1 heterocycles. The highest BCUT2D eigenvalue weighted by molar-refractivity contribution is 5.73. The van der Waals surface area contributed by atoms with Crippen molar-refractivity contribution in [1.82, 2.24) is 4.98 Å². The lowest BCUT2D eigenvalue weighted by Gasteiger charge is -2.07. The first kappa shape index (κ1) is 9.85. The molecule has 3 nitrogen and oxygen atoms in total. The van der Waals surface area contributed by atoms with Crippen LogP contribution in [0.25, 0.3) is 11.1 Å². The van der Waals surface area contributed by atoms with Crippen molar-refractivity contribution in [1.29, 1.82) is 0 Å². The van der Waals surface area contributed by atoms with Crippen molar-refractivity contribution < 1.29 is 4.42 Å². The van der Waals surface area contributed by atoms with Gasteiger partial charge in [-0.25, -0.2) is 4.98 Å². The Hall–Kier alpha value is -1.35. The fourth-order valence-electron chi connectivity index (χ4n) is 1.91. The Balaban J connectivity index is 2.02. The predicted octanol–water partition coefficient (Wildman–Crippen LogP) is 2.77. The van der Waals surface area contributed by atoms with Gasteiger partial charge < -0.3 is 10.2 Å². The number of nitrogens with two attached hydrogens (primary N) is 1. The molecule has 0 aliphatic heterocycles. The molecule has 0 amide bonds. The highest BCUT2D eigenvalue weighted by Crippen LogP contribution is 2.40. The Labute approximate surface area is 94.7 Å². The number of hydrogen-bond acceptors (Lipinski definition) is 3. The summed E-state index contributed by atoms with van der Waals surface area (Å²) in [5, 5.41) is 0. The van der Waals surface area contributed by atoms with E-state index in [9.17, 15) is 0 Å². The van der Waals surface area contributed by atoms with E-state index in [0.29, 0.717) is 18.4 Å². The van der Waals surface area contributed by atoms with E-state index < -0.39 is 0 Å². The monoisotopic (exact) mass is 216 g/mol. The van der Waals surface area contributed by atoms with Crippen LogP contribution >= 0.6 is 0 Å². The molecule has 1 saturated carbocycles. The maximum atomic E-state index is 5.72. The van der Waals surface area contributed by atoms with E-state index >= 15 is 0 Å². The van der Waals surface area contributed by atoms with E-state index in [2.05, 4.69) is 24.0 Å². The van der Waals surface area contributed by atoms with Crippen LogP contribution in [0, 0.1) is 0 Å². The molecule has 1 aromatic heterocycles. The third-order valence-corrected chi connectivity index (χ3v) is 3.28. The fourth-order valence-corrected chi connectivity index (χ4v) is 1.91. The number of aromatic nitrogens is 1. The number of fused-ring (bicyclic) bond motifs is 1. The van der Waals surface area contributed by atoms with Crippen molar-refractivity contribution in [2.75, 3.05) is 6.54 Å². The van der Waals surface area contributed by atoms with Gasteiger partial charge in [-0.2, -0.15) is 0 Å². The largest absolute Gasteiger partial charge is 0.440 e. The van der Waals surface area contributed by atoms with Gasteiger partial charge in [-0.3, -0.25) is 0 Å². The Morgan fingerprint density at radius 1 is 1.50 bits per heavy atom. The summed E-state index contributed by atoms with van der Waals surface area (Å²) in [6.07, 6.45) is 2.44. The summed E-state index contributed by atoms with van der Waals surface area (Å²) in [5.41, 5.74) is 8.78. The standard InChI is InChI=1S/C13H16N2O/c1-8(7-14)10-4-5-12-11(6-10)15-13(16-12)9-2-3-9/h4-6,8-9H,2-3,7,14H2,1H3. The SMILES string of the molecule is CC(CN)c1ccc2oc(C3CC3)nc2c1. The molecule has 3 heteroatoms. The number of hydrogen-bond donors (Lipinski definition) is 1. The summed E-state index contributed by atoms with van der Waals surface area (Å²) in [6.45, 7) is 2.79. The minimum atomic E-state index is 0.380. The van der Waals surface area contributed by atoms with Crippen molar-refractivity contribution in [3.8, 4) is 0 Å². The Morgan fingerprint density at radius 2 is 2.31 bits per heavy atom. The molecular weight excluding hydrogens is 200 g/mol. The molecule has 3 rings (SSSR count). The minimum Gasteiger partial charge on any atom is -0.440 e. The Bertz CT molecular complexity index is 514. The highest BCUT2D eigenvalue weighted by atomic mass is 16.3. The zero-order valence-corrected chi connectivity index (χ0v) is 9.44. The molecule has 2 aromatic rings. The van der Waals surface area contributed by atoms with Crippen LogP contribution in [-0.4, -0.2) is 11.5 Å². The van der Waals surface area contributed by atoms with Gasteiger partial charge in [-0.05, 0) is 43.0 Å². The second kappa shape index (κ2) is 3.59. The van der Waals surface area contributed by atoms with Gasteiger partial charge in [0.05, 0.1) is 0 Å². The summed E-state index contributed by atoms with van der Waals surface area (Å²) >= 11 is 0. The van der Waals surface area contributed by atoms with Gasteiger partial charge in [-0.15, -0.1) is 0 Å². The van der Waals surface area contributed by atoms with Crippen LogP contribution in [0.2, 0.25) is 0 Å². The summed E-state index contributed by atoms with van der Waals surface area (Å²) < 4.78 is 5.72. The molecule has 1 atom stereocenters. The van der Waals surface area contributed by atoms with Crippen LogP contribution in [0.15, 0.2) is 22.6 Å². The van der Waals surface area contributed by atoms with Crippen LogP contribution in [0.1, 0.15) is 43.1 Å². The quantitative estimate of drug-likeness (QED) is 0.858. The van der Waals surface area contributed by atoms with E-state index in [-0.39, 0.29) is 0 Å². The van der Waals surface area contributed by atoms with Gasteiger partial charge >= 0.3 is 0 Å². The van der Waals surface area contributed by atoms with Crippen molar-refractivity contribution in [2.24, 2.45) is 5.73 Å². The molecular formula is C13H16N2O. The molecule has 1 aromatic carbocycles. The second-order valence-corrected chi connectivity index (χ2v) is 4.69. The van der Waals surface area contributed by atoms with Crippen LogP contribution in [0.4, 0.5) is 0 Å². The fraction of sp³-hybridized carbons (Fsp3) is 0.462. The van der Waals surface area contributed by atoms with Crippen LogP contribution < -0.4 is 5.73 Å². The molecule has 0 saturated heterocycles. The smallest absolute Gasteiger partial charge is 0.198 e. The molecule has 0 spiro atoms. The number of benzene rings is 1. The van der Waals surface area contributed by atoms with E-state index in [0.717, 1.165) is 17.0 Å².